The van der Waals surface area contributed by atoms with Crippen molar-refractivity contribution in [3.8, 4) is 0 Å². The van der Waals surface area contributed by atoms with Crippen LogP contribution in [-0.2, 0) is 16.0 Å². The molecule has 5 nitrogen and oxygen atoms in total. The van der Waals surface area contributed by atoms with Crippen LogP contribution in [0.2, 0.25) is 0 Å². The van der Waals surface area contributed by atoms with E-state index in [1.807, 2.05) is 49.4 Å². The van der Waals surface area contributed by atoms with Gasteiger partial charge in [0.2, 0.25) is 5.91 Å². The zero-order valence-electron chi connectivity index (χ0n) is 20.5. The van der Waals surface area contributed by atoms with Crippen LogP contribution in [0.15, 0.2) is 54.6 Å². The first-order valence-electron chi connectivity index (χ1n) is 12.9. The molecule has 1 aromatic rings. The molecular weight excluding hydrogens is 426 g/mol. The molecule has 0 bridgehead atoms. The van der Waals surface area contributed by atoms with Gasteiger partial charge in [-0.25, -0.2) is 0 Å². The fraction of sp³-hybridized carbons (Fsp3) is 0.586. The van der Waals surface area contributed by atoms with Gasteiger partial charge in [0.15, 0.2) is 0 Å². The highest BCUT2D eigenvalue weighted by Gasteiger charge is 2.68. The van der Waals surface area contributed by atoms with E-state index in [0.29, 0.717) is 30.8 Å². The Morgan fingerprint density at radius 3 is 2.56 bits per heavy atom. The number of benzene rings is 1. The Balaban J connectivity index is 1.79. The van der Waals surface area contributed by atoms with Crippen LogP contribution in [0.25, 0.3) is 0 Å². The van der Waals surface area contributed by atoms with Gasteiger partial charge in [-0.3, -0.25) is 9.59 Å². The smallest absolute Gasteiger partial charge is 0.235 e. The van der Waals surface area contributed by atoms with Crippen LogP contribution in [0.4, 0.5) is 0 Å². The summed E-state index contributed by atoms with van der Waals surface area (Å²) in [5.74, 6) is -1.18. The van der Waals surface area contributed by atoms with Gasteiger partial charge in [0.05, 0.1) is 12.2 Å². The minimum Gasteiger partial charge on any atom is -0.393 e. The van der Waals surface area contributed by atoms with Gasteiger partial charge in [0.1, 0.15) is 11.2 Å². The molecule has 1 spiro atoms. The standard InChI is InChI=1S/C29H39NO4/c1-18-9-7-13-22(31)15-16-25(32)29-23(14-8-10-18)27(33)20(3)19(2)26(29)24(30-28(29)34)17-21-11-5-4-6-12-21/h4-6,8,11-12,14,18-19,22-24,26-27,31,33H,3,7,9-10,13,15-17H2,1-2H3,(H,30,34)/b14-8+/t18-,19-,22-,23-,24+,26+,27-,29+/m1/s1. The minimum absolute atomic E-state index is 0.134. The maximum atomic E-state index is 14.0. The first-order valence-corrected chi connectivity index (χ1v) is 12.9. The molecule has 1 saturated heterocycles. The van der Waals surface area contributed by atoms with Gasteiger partial charge in [0.25, 0.3) is 0 Å². The van der Waals surface area contributed by atoms with E-state index < -0.39 is 23.5 Å². The van der Waals surface area contributed by atoms with Gasteiger partial charge in [0, 0.05) is 24.3 Å². The van der Waals surface area contributed by atoms with Crippen LogP contribution in [-0.4, -0.2) is 40.2 Å². The number of carbonyl (C=O) groups is 2. The summed E-state index contributed by atoms with van der Waals surface area (Å²) in [5, 5.41) is 25.0. The molecule has 184 valence electrons. The summed E-state index contributed by atoms with van der Waals surface area (Å²) in [6, 6.07) is 9.77. The Kier molecular flexibility index (Phi) is 7.44. The van der Waals surface area contributed by atoms with Crippen LogP contribution < -0.4 is 5.32 Å². The molecule has 34 heavy (non-hydrogen) atoms. The van der Waals surface area contributed by atoms with Crippen molar-refractivity contribution in [2.75, 3.05) is 0 Å². The predicted molar refractivity (Wildman–Crippen MR) is 133 cm³/mol. The number of rotatable bonds is 2. The van der Waals surface area contributed by atoms with Crippen LogP contribution in [0.3, 0.4) is 0 Å². The van der Waals surface area contributed by atoms with Gasteiger partial charge in [-0.15, -0.1) is 0 Å². The number of carbonyl (C=O) groups excluding carboxylic acids is 2. The van der Waals surface area contributed by atoms with E-state index >= 15 is 0 Å². The van der Waals surface area contributed by atoms with Crippen molar-refractivity contribution in [3.05, 3.63) is 60.2 Å². The molecule has 0 aromatic heterocycles. The summed E-state index contributed by atoms with van der Waals surface area (Å²) in [6.07, 6.45) is 6.94. The van der Waals surface area contributed by atoms with Crippen molar-refractivity contribution in [2.45, 2.75) is 77.0 Å². The normalized spacial score (nSPS) is 40.2. The maximum absolute atomic E-state index is 14.0. The number of aliphatic hydroxyl groups excluding tert-OH is 2. The second kappa shape index (κ2) is 10.2. The topological polar surface area (TPSA) is 86.6 Å². The van der Waals surface area contributed by atoms with Gasteiger partial charge < -0.3 is 15.5 Å². The van der Waals surface area contributed by atoms with Gasteiger partial charge in [-0.05, 0) is 48.7 Å². The molecule has 1 aromatic carbocycles. The highest BCUT2D eigenvalue weighted by Crippen LogP contribution is 2.56. The Hall–Kier alpha value is -2.24. The summed E-state index contributed by atoms with van der Waals surface area (Å²) < 4.78 is 0. The lowest BCUT2D eigenvalue weighted by atomic mass is 9.51. The second-order valence-corrected chi connectivity index (χ2v) is 10.8. The van der Waals surface area contributed by atoms with E-state index in [1.54, 1.807) is 0 Å². The molecule has 4 rings (SSSR count). The molecule has 0 radical (unpaired) electrons. The summed E-state index contributed by atoms with van der Waals surface area (Å²) >= 11 is 0. The molecule has 3 aliphatic rings. The quantitative estimate of drug-likeness (QED) is 0.455. The SMILES string of the molecule is C=C1[C@@H](C)[C@H]2[C@H](Cc3ccccc3)NC(=O)[C@@]23C(=O)CC[C@H](O)CCC[C@@H](C)C/C=C/[C@@H]3[C@@H]1O. The Morgan fingerprint density at radius 1 is 1.09 bits per heavy atom. The molecule has 5 heteroatoms. The molecule has 3 N–H and O–H groups in total. The van der Waals surface area contributed by atoms with Crippen molar-refractivity contribution < 1.29 is 19.8 Å². The van der Waals surface area contributed by atoms with Crippen LogP contribution in [0.5, 0.6) is 0 Å². The van der Waals surface area contributed by atoms with Crippen LogP contribution >= 0.6 is 0 Å². The molecule has 2 fully saturated rings. The number of hydrogen-bond donors (Lipinski definition) is 3. The Bertz CT molecular complexity index is 941. The maximum Gasteiger partial charge on any atom is 0.235 e. The highest BCUT2D eigenvalue weighted by molar-refractivity contribution is 6.09. The number of amides is 1. The summed E-state index contributed by atoms with van der Waals surface area (Å²) in [6.45, 7) is 8.38. The fourth-order valence-electron chi connectivity index (χ4n) is 6.67. The van der Waals surface area contributed by atoms with Crippen molar-refractivity contribution in [1.82, 2.24) is 5.32 Å². The first kappa shape index (κ1) is 24.9. The van der Waals surface area contributed by atoms with E-state index in [0.717, 1.165) is 24.8 Å². The number of nitrogens with one attached hydrogen (secondary N) is 1. The van der Waals surface area contributed by atoms with E-state index in [9.17, 15) is 19.8 Å². The first-order chi connectivity index (χ1) is 16.3. The third-order valence-corrected chi connectivity index (χ3v) is 8.60. The van der Waals surface area contributed by atoms with E-state index in [1.165, 1.54) is 0 Å². The van der Waals surface area contributed by atoms with Gasteiger partial charge >= 0.3 is 0 Å². The lowest BCUT2D eigenvalue weighted by Crippen LogP contribution is -2.58. The van der Waals surface area contributed by atoms with Crippen LogP contribution in [0, 0.1) is 29.1 Å². The summed E-state index contributed by atoms with van der Waals surface area (Å²) in [4.78, 5) is 27.9. The molecule has 1 aliphatic heterocycles. The largest absolute Gasteiger partial charge is 0.393 e. The number of Topliss-reactive ketones (excluding diaryl/α,β-unsaturated/α-hetero) is 1. The second-order valence-electron chi connectivity index (χ2n) is 10.8. The zero-order valence-corrected chi connectivity index (χ0v) is 20.5. The van der Waals surface area contributed by atoms with E-state index in [2.05, 4.69) is 18.8 Å². The predicted octanol–water partition coefficient (Wildman–Crippen LogP) is 3.99. The molecular formula is C29H39NO4. The summed E-state index contributed by atoms with van der Waals surface area (Å²) in [7, 11) is 0. The van der Waals surface area contributed by atoms with Gasteiger partial charge in [-0.1, -0.05) is 75.8 Å². The zero-order chi connectivity index (χ0) is 24.5. The molecule has 1 amide bonds. The number of ketones is 1. The average Bonchev–Trinajstić information content (AvgIpc) is 3.11. The Morgan fingerprint density at radius 2 is 1.82 bits per heavy atom. The lowest BCUT2D eigenvalue weighted by Gasteiger charge is -2.49. The average molecular weight is 466 g/mol. The third-order valence-electron chi connectivity index (χ3n) is 8.60. The lowest BCUT2D eigenvalue weighted by molar-refractivity contribution is -0.152. The molecule has 2 aliphatic carbocycles. The van der Waals surface area contributed by atoms with Crippen molar-refractivity contribution in [1.29, 1.82) is 0 Å². The van der Waals surface area contributed by atoms with Crippen molar-refractivity contribution in [2.24, 2.45) is 29.1 Å². The van der Waals surface area contributed by atoms with Crippen molar-refractivity contribution in [3.63, 3.8) is 0 Å². The van der Waals surface area contributed by atoms with Crippen molar-refractivity contribution >= 4 is 11.7 Å². The third kappa shape index (κ3) is 4.40. The fourth-order valence-corrected chi connectivity index (χ4v) is 6.67. The molecule has 8 atom stereocenters. The Labute approximate surface area is 203 Å². The molecule has 1 heterocycles. The summed E-state index contributed by atoms with van der Waals surface area (Å²) in [5.41, 5.74) is 0.435. The number of aliphatic hydroxyl groups is 2. The number of hydrogen-bond acceptors (Lipinski definition) is 4. The molecule has 0 unspecified atom stereocenters. The van der Waals surface area contributed by atoms with Gasteiger partial charge in [-0.2, -0.15) is 0 Å². The van der Waals surface area contributed by atoms with Crippen LogP contribution in [0.1, 0.15) is 57.9 Å². The minimum atomic E-state index is -1.35. The monoisotopic (exact) mass is 465 g/mol. The molecule has 1 saturated carbocycles. The highest BCUT2D eigenvalue weighted by atomic mass is 16.3. The van der Waals surface area contributed by atoms with E-state index in [-0.39, 0.29) is 36.0 Å². The number of allylic oxidation sites excluding steroid dienone is 1. The van der Waals surface area contributed by atoms with E-state index in [4.69, 9.17) is 0 Å².